The standard InChI is InChI=1S/C18H21FO2/c1-11(2)14-9-8-12(3)17(10-14)21-16-7-5-6-15(19)18(16)13(4)20/h5-11,13,20H,1-4H3/t13-/m1/s1. The number of hydrogen-bond donors (Lipinski definition) is 1. The number of benzene rings is 2. The van der Waals surface area contributed by atoms with Gasteiger partial charge in [0.2, 0.25) is 0 Å². The molecule has 0 aromatic heterocycles. The molecule has 0 saturated heterocycles. The largest absolute Gasteiger partial charge is 0.457 e. The van der Waals surface area contributed by atoms with Crippen LogP contribution in [0.4, 0.5) is 4.39 Å². The summed E-state index contributed by atoms with van der Waals surface area (Å²) in [6.07, 6.45) is -0.921. The van der Waals surface area contributed by atoms with E-state index >= 15 is 0 Å². The maximum Gasteiger partial charge on any atom is 0.136 e. The van der Waals surface area contributed by atoms with E-state index in [9.17, 15) is 9.50 Å². The van der Waals surface area contributed by atoms with E-state index in [2.05, 4.69) is 19.9 Å². The molecule has 0 aliphatic heterocycles. The number of ether oxygens (including phenoxy) is 1. The van der Waals surface area contributed by atoms with E-state index in [0.29, 0.717) is 17.4 Å². The maximum atomic E-state index is 13.9. The molecule has 1 N–H and O–H groups in total. The summed E-state index contributed by atoms with van der Waals surface area (Å²) in [4.78, 5) is 0. The van der Waals surface area contributed by atoms with Crippen LogP contribution < -0.4 is 4.74 Å². The van der Waals surface area contributed by atoms with Crippen molar-refractivity contribution in [3.63, 3.8) is 0 Å². The first-order chi connectivity index (χ1) is 9.90. The smallest absolute Gasteiger partial charge is 0.136 e. The minimum Gasteiger partial charge on any atom is -0.457 e. The summed E-state index contributed by atoms with van der Waals surface area (Å²) in [5.41, 5.74) is 2.32. The molecule has 2 aromatic carbocycles. The van der Waals surface area contributed by atoms with Crippen molar-refractivity contribution in [1.29, 1.82) is 0 Å². The van der Waals surface area contributed by atoms with Crippen molar-refractivity contribution in [3.05, 3.63) is 58.9 Å². The molecule has 0 amide bonds. The van der Waals surface area contributed by atoms with Gasteiger partial charge in [0.15, 0.2) is 0 Å². The minimum atomic E-state index is -0.921. The van der Waals surface area contributed by atoms with Crippen molar-refractivity contribution in [2.45, 2.75) is 39.7 Å². The Labute approximate surface area is 125 Å². The Morgan fingerprint density at radius 3 is 2.38 bits per heavy atom. The molecule has 0 radical (unpaired) electrons. The first-order valence-corrected chi connectivity index (χ1v) is 7.15. The van der Waals surface area contributed by atoms with Crippen LogP contribution in [0.25, 0.3) is 0 Å². The highest BCUT2D eigenvalue weighted by Gasteiger charge is 2.16. The molecule has 0 aliphatic carbocycles. The van der Waals surface area contributed by atoms with E-state index in [1.165, 1.54) is 13.0 Å². The van der Waals surface area contributed by atoms with Crippen LogP contribution in [0.1, 0.15) is 49.5 Å². The SMILES string of the molecule is Cc1ccc(C(C)C)cc1Oc1cccc(F)c1[C@@H](C)O. The van der Waals surface area contributed by atoms with Gasteiger partial charge in [-0.15, -0.1) is 0 Å². The van der Waals surface area contributed by atoms with Crippen molar-refractivity contribution in [2.24, 2.45) is 0 Å². The van der Waals surface area contributed by atoms with Crippen LogP contribution in [0.5, 0.6) is 11.5 Å². The Kier molecular flexibility index (Phi) is 4.63. The lowest BCUT2D eigenvalue weighted by Crippen LogP contribution is -2.01. The summed E-state index contributed by atoms with van der Waals surface area (Å²) in [6.45, 7) is 7.69. The van der Waals surface area contributed by atoms with Crippen LogP contribution in [0.15, 0.2) is 36.4 Å². The van der Waals surface area contributed by atoms with Crippen LogP contribution in [-0.4, -0.2) is 5.11 Å². The molecule has 2 aromatic rings. The third-order valence-electron chi connectivity index (χ3n) is 3.53. The Balaban J connectivity index is 2.43. The summed E-state index contributed by atoms with van der Waals surface area (Å²) >= 11 is 0. The summed E-state index contributed by atoms with van der Waals surface area (Å²) < 4.78 is 19.7. The first-order valence-electron chi connectivity index (χ1n) is 7.15. The highest BCUT2D eigenvalue weighted by atomic mass is 19.1. The van der Waals surface area contributed by atoms with Gasteiger partial charge < -0.3 is 9.84 Å². The summed E-state index contributed by atoms with van der Waals surface area (Å²) in [7, 11) is 0. The maximum absolute atomic E-state index is 13.9. The molecule has 2 rings (SSSR count). The van der Waals surface area contributed by atoms with Crippen molar-refractivity contribution in [2.75, 3.05) is 0 Å². The topological polar surface area (TPSA) is 29.5 Å². The lowest BCUT2D eigenvalue weighted by Gasteiger charge is -2.16. The highest BCUT2D eigenvalue weighted by molar-refractivity contribution is 5.44. The third-order valence-corrected chi connectivity index (χ3v) is 3.53. The van der Waals surface area contributed by atoms with Crippen LogP contribution in [0.2, 0.25) is 0 Å². The van der Waals surface area contributed by atoms with Crippen molar-refractivity contribution < 1.29 is 14.2 Å². The van der Waals surface area contributed by atoms with E-state index in [1.807, 2.05) is 19.1 Å². The molecule has 0 heterocycles. The van der Waals surface area contributed by atoms with Crippen LogP contribution in [-0.2, 0) is 0 Å². The number of aliphatic hydroxyl groups excluding tert-OH is 1. The predicted molar refractivity (Wildman–Crippen MR) is 82.4 cm³/mol. The second-order valence-electron chi connectivity index (χ2n) is 5.61. The molecule has 0 aliphatic rings. The average molecular weight is 288 g/mol. The van der Waals surface area contributed by atoms with Gasteiger partial charge in [0.1, 0.15) is 17.3 Å². The quantitative estimate of drug-likeness (QED) is 0.847. The van der Waals surface area contributed by atoms with Crippen molar-refractivity contribution >= 4 is 0 Å². The Morgan fingerprint density at radius 2 is 1.76 bits per heavy atom. The Bertz CT molecular complexity index is 633. The fourth-order valence-electron chi connectivity index (χ4n) is 2.22. The zero-order valence-corrected chi connectivity index (χ0v) is 12.9. The first kappa shape index (κ1) is 15.5. The molecule has 21 heavy (non-hydrogen) atoms. The van der Waals surface area contributed by atoms with Gasteiger partial charge in [-0.05, 0) is 49.1 Å². The second-order valence-corrected chi connectivity index (χ2v) is 5.61. The third kappa shape index (κ3) is 3.42. The molecular weight excluding hydrogens is 267 g/mol. The summed E-state index contributed by atoms with van der Waals surface area (Å²) in [6, 6.07) is 10.6. The molecule has 1 atom stereocenters. The molecule has 0 bridgehead atoms. The zero-order chi connectivity index (χ0) is 15.6. The van der Waals surface area contributed by atoms with Gasteiger partial charge in [0, 0.05) is 0 Å². The Morgan fingerprint density at radius 1 is 1.05 bits per heavy atom. The second kappa shape index (κ2) is 6.27. The zero-order valence-electron chi connectivity index (χ0n) is 12.9. The monoisotopic (exact) mass is 288 g/mol. The Hall–Kier alpha value is -1.87. The van der Waals surface area contributed by atoms with Crippen molar-refractivity contribution in [1.82, 2.24) is 0 Å². The van der Waals surface area contributed by atoms with E-state index < -0.39 is 11.9 Å². The molecule has 0 spiro atoms. The van der Waals surface area contributed by atoms with Gasteiger partial charge >= 0.3 is 0 Å². The molecular formula is C18H21FO2. The lowest BCUT2D eigenvalue weighted by atomic mass is 10.0. The lowest BCUT2D eigenvalue weighted by molar-refractivity contribution is 0.190. The van der Waals surface area contributed by atoms with E-state index in [0.717, 1.165) is 11.1 Å². The van der Waals surface area contributed by atoms with Crippen LogP contribution >= 0.6 is 0 Å². The number of aliphatic hydroxyl groups is 1. The number of hydrogen-bond acceptors (Lipinski definition) is 2. The predicted octanol–water partition coefficient (Wildman–Crippen LogP) is 5.10. The van der Waals surface area contributed by atoms with Crippen LogP contribution in [0.3, 0.4) is 0 Å². The number of rotatable bonds is 4. The van der Waals surface area contributed by atoms with Gasteiger partial charge in [0.25, 0.3) is 0 Å². The van der Waals surface area contributed by atoms with E-state index in [1.54, 1.807) is 12.1 Å². The van der Waals surface area contributed by atoms with Gasteiger partial charge in [-0.25, -0.2) is 4.39 Å². The average Bonchev–Trinajstić information content (AvgIpc) is 2.40. The van der Waals surface area contributed by atoms with E-state index in [4.69, 9.17) is 4.74 Å². The molecule has 0 fully saturated rings. The van der Waals surface area contributed by atoms with Gasteiger partial charge in [-0.1, -0.05) is 32.0 Å². The summed E-state index contributed by atoms with van der Waals surface area (Å²) in [5, 5.41) is 9.76. The molecule has 3 heteroatoms. The van der Waals surface area contributed by atoms with Crippen LogP contribution in [0, 0.1) is 12.7 Å². The van der Waals surface area contributed by atoms with E-state index in [-0.39, 0.29) is 5.56 Å². The van der Waals surface area contributed by atoms with Gasteiger partial charge in [-0.3, -0.25) is 0 Å². The summed E-state index contributed by atoms with van der Waals surface area (Å²) in [5.74, 6) is 0.972. The molecule has 112 valence electrons. The fraction of sp³-hybridized carbons (Fsp3) is 0.333. The normalized spacial score (nSPS) is 12.5. The minimum absolute atomic E-state index is 0.187. The number of aryl methyl sites for hydroxylation is 1. The van der Waals surface area contributed by atoms with Gasteiger partial charge in [-0.2, -0.15) is 0 Å². The fourth-order valence-corrected chi connectivity index (χ4v) is 2.22. The van der Waals surface area contributed by atoms with Gasteiger partial charge in [0.05, 0.1) is 11.7 Å². The molecule has 0 unspecified atom stereocenters. The number of halogens is 1. The molecule has 2 nitrogen and oxygen atoms in total. The van der Waals surface area contributed by atoms with Crippen molar-refractivity contribution in [3.8, 4) is 11.5 Å². The molecule has 0 saturated carbocycles. The highest BCUT2D eigenvalue weighted by Crippen LogP contribution is 2.34.